The lowest BCUT2D eigenvalue weighted by molar-refractivity contribution is 0.0544. The summed E-state index contributed by atoms with van der Waals surface area (Å²) < 4.78 is 11.1. The topological polar surface area (TPSA) is 41.9 Å². The van der Waals surface area contributed by atoms with Crippen LogP contribution in [0.4, 0.5) is 0 Å². The molecule has 118 valence electrons. The van der Waals surface area contributed by atoms with Crippen molar-refractivity contribution in [1.82, 2.24) is 4.90 Å². The van der Waals surface area contributed by atoms with Gasteiger partial charge in [0.1, 0.15) is 18.5 Å². The van der Waals surface area contributed by atoms with Crippen LogP contribution in [0.2, 0.25) is 5.02 Å². The summed E-state index contributed by atoms with van der Waals surface area (Å²) in [6.07, 6.45) is 0.458. The van der Waals surface area contributed by atoms with Gasteiger partial charge in [0.2, 0.25) is 0 Å². The van der Waals surface area contributed by atoms with Gasteiger partial charge in [-0.3, -0.25) is 4.90 Å². The van der Waals surface area contributed by atoms with Crippen molar-refractivity contribution in [1.29, 1.82) is 0 Å². The molecule has 1 aliphatic heterocycles. The summed E-state index contributed by atoms with van der Waals surface area (Å²) in [4.78, 5) is 2.25. The normalized spacial score (nSPS) is 21.8. The molecule has 1 aromatic rings. The average Bonchev–Trinajstić information content (AvgIpc) is 2.65. The fourth-order valence-corrected chi connectivity index (χ4v) is 2.61. The van der Waals surface area contributed by atoms with Crippen LogP contribution in [0.25, 0.3) is 0 Å². The molecule has 5 heteroatoms. The molecule has 2 atom stereocenters. The zero-order valence-electron chi connectivity index (χ0n) is 12.7. The summed E-state index contributed by atoms with van der Waals surface area (Å²) in [6.45, 7) is 7.35. The summed E-state index contributed by atoms with van der Waals surface area (Å²) in [7, 11) is 0. The summed E-state index contributed by atoms with van der Waals surface area (Å²) in [5.74, 6) is 0.628. The molecular formula is C16H24ClNO3. The van der Waals surface area contributed by atoms with Crippen LogP contribution in [0.3, 0.4) is 0 Å². The van der Waals surface area contributed by atoms with Crippen molar-refractivity contribution in [3.05, 3.63) is 28.8 Å². The van der Waals surface area contributed by atoms with E-state index in [4.69, 9.17) is 21.1 Å². The van der Waals surface area contributed by atoms with Crippen LogP contribution in [-0.4, -0.2) is 55.1 Å². The Kier molecular flexibility index (Phi) is 6.30. The fourth-order valence-electron chi connectivity index (χ4n) is 2.44. The standard InChI is InChI=1S/C16H24ClNO3/c1-12-3-4-15(17)16(9-12)21-11-14(19)10-18-6-8-20-7-5-13(18)2/h3-4,9,13-14,19H,5-8,10-11H2,1-2H3/t13-,14-/m1/s1. The molecule has 1 fully saturated rings. The first-order chi connectivity index (χ1) is 10.1. The largest absolute Gasteiger partial charge is 0.489 e. The van der Waals surface area contributed by atoms with Crippen molar-refractivity contribution < 1.29 is 14.6 Å². The number of hydrogen-bond donors (Lipinski definition) is 1. The SMILES string of the molecule is Cc1ccc(Cl)c(OC[C@H](O)CN2CCOCC[C@H]2C)c1. The molecule has 0 bridgehead atoms. The Morgan fingerprint density at radius 2 is 2.29 bits per heavy atom. The summed E-state index contributed by atoms with van der Waals surface area (Å²) in [5, 5.41) is 10.8. The Morgan fingerprint density at radius 3 is 3.10 bits per heavy atom. The number of β-amino-alcohol motifs (C(OH)–C–C–N with tert-alkyl or cyclic N) is 1. The van der Waals surface area contributed by atoms with Gasteiger partial charge in [0, 0.05) is 25.7 Å². The van der Waals surface area contributed by atoms with Crippen molar-refractivity contribution in [2.24, 2.45) is 0 Å². The maximum atomic E-state index is 10.2. The summed E-state index contributed by atoms with van der Waals surface area (Å²) >= 11 is 6.08. The van der Waals surface area contributed by atoms with Gasteiger partial charge in [-0.25, -0.2) is 0 Å². The summed E-state index contributed by atoms with van der Waals surface area (Å²) in [5.41, 5.74) is 1.09. The Bertz CT molecular complexity index is 455. The van der Waals surface area contributed by atoms with Crippen molar-refractivity contribution in [2.75, 3.05) is 32.9 Å². The monoisotopic (exact) mass is 313 g/mol. The highest BCUT2D eigenvalue weighted by atomic mass is 35.5. The summed E-state index contributed by atoms with van der Waals surface area (Å²) in [6, 6.07) is 6.05. The third-order valence-corrected chi connectivity index (χ3v) is 4.10. The van der Waals surface area contributed by atoms with E-state index in [9.17, 15) is 5.11 Å². The molecule has 4 nitrogen and oxygen atoms in total. The minimum absolute atomic E-state index is 0.243. The second-order valence-electron chi connectivity index (χ2n) is 5.64. The Hall–Kier alpha value is -0.810. The van der Waals surface area contributed by atoms with Crippen LogP contribution in [0.1, 0.15) is 18.9 Å². The lowest BCUT2D eigenvalue weighted by Gasteiger charge is -2.28. The van der Waals surface area contributed by atoms with Gasteiger partial charge in [-0.2, -0.15) is 0 Å². The lowest BCUT2D eigenvalue weighted by Crippen LogP contribution is -2.41. The van der Waals surface area contributed by atoms with Crippen molar-refractivity contribution in [3.8, 4) is 5.75 Å². The van der Waals surface area contributed by atoms with E-state index in [0.717, 1.165) is 31.7 Å². The molecular weight excluding hydrogens is 290 g/mol. The number of halogens is 1. The highest BCUT2D eigenvalue weighted by Crippen LogP contribution is 2.25. The van der Waals surface area contributed by atoms with Crippen LogP contribution >= 0.6 is 11.6 Å². The predicted molar refractivity (Wildman–Crippen MR) is 84.2 cm³/mol. The van der Waals surface area contributed by atoms with Gasteiger partial charge in [0.25, 0.3) is 0 Å². The zero-order chi connectivity index (χ0) is 15.2. The molecule has 0 aliphatic carbocycles. The zero-order valence-corrected chi connectivity index (χ0v) is 13.5. The number of benzene rings is 1. The average molecular weight is 314 g/mol. The van der Waals surface area contributed by atoms with Gasteiger partial charge < -0.3 is 14.6 Å². The molecule has 2 rings (SSSR count). The smallest absolute Gasteiger partial charge is 0.138 e. The molecule has 0 spiro atoms. The maximum Gasteiger partial charge on any atom is 0.138 e. The van der Waals surface area contributed by atoms with Gasteiger partial charge in [-0.05, 0) is 38.0 Å². The van der Waals surface area contributed by atoms with E-state index in [1.54, 1.807) is 0 Å². The molecule has 0 unspecified atom stereocenters. The van der Waals surface area contributed by atoms with Gasteiger partial charge in [0.15, 0.2) is 0 Å². The molecule has 1 aliphatic rings. The molecule has 0 saturated carbocycles. The van der Waals surface area contributed by atoms with Gasteiger partial charge in [-0.15, -0.1) is 0 Å². The van der Waals surface area contributed by atoms with E-state index >= 15 is 0 Å². The molecule has 0 amide bonds. The Morgan fingerprint density at radius 1 is 1.48 bits per heavy atom. The first-order valence-electron chi connectivity index (χ1n) is 7.45. The van der Waals surface area contributed by atoms with Crippen LogP contribution in [-0.2, 0) is 4.74 Å². The molecule has 0 aromatic heterocycles. The van der Waals surface area contributed by atoms with Crippen LogP contribution in [0.5, 0.6) is 5.75 Å². The number of aliphatic hydroxyl groups excluding tert-OH is 1. The minimum atomic E-state index is -0.540. The van der Waals surface area contributed by atoms with Crippen molar-refractivity contribution >= 4 is 11.6 Å². The van der Waals surface area contributed by atoms with E-state index in [-0.39, 0.29) is 6.61 Å². The van der Waals surface area contributed by atoms with Crippen LogP contribution < -0.4 is 4.74 Å². The quantitative estimate of drug-likeness (QED) is 0.907. The van der Waals surface area contributed by atoms with Gasteiger partial charge >= 0.3 is 0 Å². The number of rotatable bonds is 5. The predicted octanol–water partition coefficient (Wildman–Crippen LogP) is 2.50. The Labute approximate surface area is 131 Å². The molecule has 1 saturated heterocycles. The maximum absolute atomic E-state index is 10.2. The molecule has 1 N–H and O–H groups in total. The number of aryl methyl sites for hydroxylation is 1. The number of aliphatic hydroxyl groups is 1. The lowest BCUT2D eigenvalue weighted by atomic mass is 10.2. The third-order valence-electron chi connectivity index (χ3n) is 3.79. The van der Waals surface area contributed by atoms with Gasteiger partial charge in [0.05, 0.1) is 11.6 Å². The van der Waals surface area contributed by atoms with E-state index < -0.39 is 6.10 Å². The fraction of sp³-hybridized carbons (Fsp3) is 0.625. The van der Waals surface area contributed by atoms with E-state index in [2.05, 4.69) is 11.8 Å². The second kappa shape index (κ2) is 7.99. The molecule has 21 heavy (non-hydrogen) atoms. The first-order valence-corrected chi connectivity index (χ1v) is 7.83. The highest BCUT2D eigenvalue weighted by molar-refractivity contribution is 6.32. The van der Waals surface area contributed by atoms with Gasteiger partial charge in [-0.1, -0.05) is 17.7 Å². The molecule has 0 radical (unpaired) electrons. The third kappa shape index (κ3) is 5.15. The van der Waals surface area contributed by atoms with E-state index in [0.29, 0.717) is 23.4 Å². The number of hydrogen-bond acceptors (Lipinski definition) is 4. The Balaban J connectivity index is 1.83. The minimum Gasteiger partial charge on any atom is -0.489 e. The van der Waals surface area contributed by atoms with E-state index in [1.165, 1.54) is 0 Å². The molecule has 1 aromatic carbocycles. The molecule has 1 heterocycles. The van der Waals surface area contributed by atoms with Crippen molar-refractivity contribution in [2.45, 2.75) is 32.4 Å². The van der Waals surface area contributed by atoms with Crippen LogP contribution in [0.15, 0.2) is 18.2 Å². The van der Waals surface area contributed by atoms with E-state index in [1.807, 2.05) is 25.1 Å². The van der Waals surface area contributed by atoms with Crippen molar-refractivity contribution in [3.63, 3.8) is 0 Å². The first kappa shape index (κ1) is 16.6. The highest BCUT2D eigenvalue weighted by Gasteiger charge is 2.20. The number of ether oxygens (including phenoxy) is 2. The number of nitrogens with zero attached hydrogens (tertiary/aromatic N) is 1. The second-order valence-corrected chi connectivity index (χ2v) is 6.05. The van der Waals surface area contributed by atoms with Crippen LogP contribution in [0, 0.1) is 6.92 Å².